The molecule has 0 fully saturated rings. The molecule has 1 heterocycles. The van der Waals surface area contributed by atoms with Crippen molar-refractivity contribution < 1.29 is 18.5 Å². The maximum Gasteiger partial charge on any atom is 0.254 e. The number of benzene rings is 1. The monoisotopic (exact) mass is 333 g/mol. The van der Waals surface area contributed by atoms with Gasteiger partial charge in [0, 0.05) is 18.2 Å². The minimum absolute atomic E-state index is 0.153. The summed E-state index contributed by atoms with van der Waals surface area (Å²) < 4.78 is 18.2. The third kappa shape index (κ3) is 4.91. The number of aromatic nitrogens is 1. The lowest BCUT2D eigenvalue weighted by Crippen LogP contribution is -2.40. The number of nitrogens with one attached hydrogen (secondary N) is 1. The Balaban J connectivity index is 2.09. The molecule has 0 atom stereocenters. The van der Waals surface area contributed by atoms with E-state index in [-0.39, 0.29) is 18.0 Å². The number of carbonyl (C=O) groups is 2. The molecule has 0 saturated heterocycles. The molecule has 1 aromatic carbocycles. The van der Waals surface area contributed by atoms with Gasteiger partial charge < -0.3 is 14.7 Å². The molecule has 0 unspecified atom stereocenters. The Morgan fingerprint density at radius 2 is 2.08 bits per heavy atom. The summed E-state index contributed by atoms with van der Waals surface area (Å²) in [5.74, 6) is -0.263. The van der Waals surface area contributed by atoms with Gasteiger partial charge in [0.15, 0.2) is 5.82 Å². The SMILES string of the molecule is Cc1cc(NC(=O)CN(CC(C)C)C(=O)c2cccc(F)c2)no1. The van der Waals surface area contributed by atoms with Gasteiger partial charge in [-0.2, -0.15) is 0 Å². The maximum absolute atomic E-state index is 13.3. The highest BCUT2D eigenvalue weighted by atomic mass is 19.1. The zero-order valence-electron chi connectivity index (χ0n) is 13.9. The van der Waals surface area contributed by atoms with Crippen LogP contribution in [-0.2, 0) is 4.79 Å². The molecule has 2 amide bonds. The lowest BCUT2D eigenvalue weighted by Gasteiger charge is -2.24. The number of aryl methyl sites for hydroxylation is 1. The molecule has 0 spiro atoms. The highest BCUT2D eigenvalue weighted by Crippen LogP contribution is 2.11. The Morgan fingerprint density at radius 3 is 2.67 bits per heavy atom. The van der Waals surface area contributed by atoms with Crippen molar-refractivity contribution in [3.05, 3.63) is 47.5 Å². The second-order valence-corrected chi connectivity index (χ2v) is 5.96. The second-order valence-electron chi connectivity index (χ2n) is 5.96. The summed E-state index contributed by atoms with van der Waals surface area (Å²) in [7, 11) is 0. The van der Waals surface area contributed by atoms with Crippen molar-refractivity contribution in [1.82, 2.24) is 10.1 Å². The topological polar surface area (TPSA) is 75.4 Å². The average molecular weight is 333 g/mol. The van der Waals surface area contributed by atoms with E-state index in [1.54, 1.807) is 13.0 Å². The molecule has 1 aromatic heterocycles. The van der Waals surface area contributed by atoms with Gasteiger partial charge in [0.05, 0.1) is 0 Å². The van der Waals surface area contributed by atoms with E-state index >= 15 is 0 Å². The third-order valence-electron chi connectivity index (χ3n) is 3.17. The van der Waals surface area contributed by atoms with Crippen LogP contribution in [0.5, 0.6) is 0 Å². The molecule has 0 aliphatic carbocycles. The van der Waals surface area contributed by atoms with E-state index in [4.69, 9.17) is 4.52 Å². The maximum atomic E-state index is 13.3. The lowest BCUT2D eigenvalue weighted by atomic mass is 10.1. The largest absolute Gasteiger partial charge is 0.360 e. The van der Waals surface area contributed by atoms with Gasteiger partial charge in [-0.1, -0.05) is 25.1 Å². The molecule has 0 radical (unpaired) electrons. The summed E-state index contributed by atoms with van der Waals surface area (Å²) >= 11 is 0. The van der Waals surface area contributed by atoms with Gasteiger partial charge in [0.25, 0.3) is 5.91 Å². The van der Waals surface area contributed by atoms with Crippen molar-refractivity contribution in [3.8, 4) is 0 Å². The normalized spacial score (nSPS) is 10.7. The Kier molecular flexibility index (Phi) is 5.68. The zero-order chi connectivity index (χ0) is 17.7. The predicted molar refractivity (Wildman–Crippen MR) is 87.0 cm³/mol. The predicted octanol–water partition coefficient (Wildman–Crippen LogP) is 2.86. The standard InChI is InChI=1S/C17H20FN3O3/c1-11(2)9-21(17(23)13-5-4-6-14(18)8-13)10-16(22)19-15-7-12(3)24-20-15/h4-8,11H,9-10H2,1-3H3,(H,19,20,22). The van der Waals surface area contributed by atoms with E-state index in [2.05, 4.69) is 10.5 Å². The molecule has 7 heteroatoms. The van der Waals surface area contributed by atoms with Crippen LogP contribution < -0.4 is 5.32 Å². The molecule has 1 N–H and O–H groups in total. The molecule has 0 aliphatic rings. The first-order chi connectivity index (χ1) is 11.3. The number of halogens is 1. The molecule has 2 aromatic rings. The smallest absolute Gasteiger partial charge is 0.254 e. The number of hydrogen-bond donors (Lipinski definition) is 1. The minimum atomic E-state index is -0.493. The van der Waals surface area contributed by atoms with Crippen LogP contribution in [-0.4, -0.2) is 35.0 Å². The zero-order valence-corrected chi connectivity index (χ0v) is 13.9. The van der Waals surface area contributed by atoms with Crippen LogP contribution in [0.15, 0.2) is 34.9 Å². The summed E-state index contributed by atoms with van der Waals surface area (Å²) in [6.45, 7) is 5.80. The van der Waals surface area contributed by atoms with Crippen LogP contribution in [0.4, 0.5) is 10.2 Å². The lowest BCUT2D eigenvalue weighted by molar-refractivity contribution is -0.117. The minimum Gasteiger partial charge on any atom is -0.360 e. The van der Waals surface area contributed by atoms with Crippen molar-refractivity contribution in [2.24, 2.45) is 5.92 Å². The number of amides is 2. The molecule has 24 heavy (non-hydrogen) atoms. The van der Waals surface area contributed by atoms with E-state index in [1.165, 1.54) is 23.1 Å². The number of rotatable bonds is 6. The number of anilines is 1. The fourth-order valence-electron chi connectivity index (χ4n) is 2.25. The van der Waals surface area contributed by atoms with Gasteiger partial charge in [-0.3, -0.25) is 9.59 Å². The fraction of sp³-hybridized carbons (Fsp3) is 0.353. The fourth-order valence-corrected chi connectivity index (χ4v) is 2.25. The van der Waals surface area contributed by atoms with Crippen LogP contribution >= 0.6 is 0 Å². The summed E-state index contributed by atoms with van der Waals surface area (Å²) in [6, 6.07) is 7.00. The molecular formula is C17H20FN3O3. The van der Waals surface area contributed by atoms with Gasteiger partial charge >= 0.3 is 0 Å². The molecule has 2 rings (SSSR count). The van der Waals surface area contributed by atoms with Crippen molar-refractivity contribution in [1.29, 1.82) is 0 Å². The Hall–Kier alpha value is -2.70. The van der Waals surface area contributed by atoms with Crippen molar-refractivity contribution in [2.45, 2.75) is 20.8 Å². The van der Waals surface area contributed by atoms with E-state index in [9.17, 15) is 14.0 Å². The van der Waals surface area contributed by atoms with Crippen molar-refractivity contribution in [2.75, 3.05) is 18.4 Å². The molecule has 128 valence electrons. The average Bonchev–Trinajstić information content (AvgIpc) is 2.90. The van der Waals surface area contributed by atoms with Crippen LogP contribution in [0.3, 0.4) is 0 Å². The van der Waals surface area contributed by atoms with Gasteiger partial charge in [-0.05, 0) is 31.0 Å². The van der Waals surface area contributed by atoms with E-state index < -0.39 is 17.6 Å². The summed E-state index contributed by atoms with van der Waals surface area (Å²) in [5.41, 5.74) is 0.209. The summed E-state index contributed by atoms with van der Waals surface area (Å²) in [4.78, 5) is 26.1. The molecule has 0 bridgehead atoms. The highest BCUT2D eigenvalue weighted by molar-refractivity contribution is 5.99. The van der Waals surface area contributed by atoms with Gasteiger partial charge in [-0.25, -0.2) is 4.39 Å². The Morgan fingerprint density at radius 1 is 1.33 bits per heavy atom. The van der Waals surface area contributed by atoms with Crippen LogP contribution in [0, 0.1) is 18.7 Å². The molecule has 0 saturated carbocycles. The summed E-state index contributed by atoms with van der Waals surface area (Å²) in [6.07, 6.45) is 0. The van der Waals surface area contributed by atoms with Crippen LogP contribution in [0.1, 0.15) is 30.0 Å². The van der Waals surface area contributed by atoms with Crippen molar-refractivity contribution >= 4 is 17.6 Å². The Bertz CT molecular complexity index is 727. The quantitative estimate of drug-likeness (QED) is 0.882. The van der Waals surface area contributed by atoms with Gasteiger partial charge in [-0.15, -0.1) is 0 Å². The number of carbonyl (C=O) groups excluding carboxylic acids is 2. The molecular weight excluding hydrogens is 313 g/mol. The van der Waals surface area contributed by atoms with Gasteiger partial charge in [0.1, 0.15) is 18.1 Å². The van der Waals surface area contributed by atoms with Gasteiger partial charge in [0.2, 0.25) is 5.91 Å². The molecule has 0 aliphatic heterocycles. The first-order valence-electron chi connectivity index (χ1n) is 7.63. The van der Waals surface area contributed by atoms with Crippen LogP contribution in [0.2, 0.25) is 0 Å². The van der Waals surface area contributed by atoms with Crippen LogP contribution in [0.25, 0.3) is 0 Å². The molecule has 6 nitrogen and oxygen atoms in total. The van der Waals surface area contributed by atoms with E-state index in [1.807, 2.05) is 13.8 Å². The first kappa shape index (κ1) is 17.7. The second kappa shape index (κ2) is 7.72. The van der Waals surface area contributed by atoms with E-state index in [0.29, 0.717) is 18.1 Å². The van der Waals surface area contributed by atoms with Crippen molar-refractivity contribution in [3.63, 3.8) is 0 Å². The highest BCUT2D eigenvalue weighted by Gasteiger charge is 2.20. The summed E-state index contributed by atoms with van der Waals surface area (Å²) in [5, 5.41) is 6.25. The number of nitrogens with zero attached hydrogens (tertiary/aromatic N) is 2. The number of hydrogen-bond acceptors (Lipinski definition) is 4. The van der Waals surface area contributed by atoms with E-state index in [0.717, 1.165) is 6.07 Å². The third-order valence-corrected chi connectivity index (χ3v) is 3.17. The Labute approximate surface area is 139 Å². The first-order valence-corrected chi connectivity index (χ1v) is 7.63.